The first-order chi connectivity index (χ1) is 12.4. The van der Waals surface area contributed by atoms with Gasteiger partial charge in [-0.05, 0) is 84.3 Å². The summed E-state index contributed by atoms with van der Waals surface area (Å²) in [7, 11) is 0. The van der Waals surface area contributed by atoms with Crippen molar-refractivity contribution in [3.05, 3.63) is 63.0 Å². The molecule has 0 unspecified atom stereocenters. The summed E-state index contributed by atoms with van der Waals surface area (Å²) < 4.78 is 14.1. The molecule has 1 fully saturated rings. The van der Waals surface area contributed by atoms with Gasteiger partial charge in [-0.2, -0.15) is 0 Å². The average molecular weight is 466 g/mol. The summed E-state index contributed by atoms with van der Waals surface area (Å²) in [6.07, 6.45) is 1.25. The second kappa shape index (κ2) is 8.16. The second-order valence-electron chi connectivity index (χ2n) is 6.53. The zero-order chi connectivity index (χ0) is 18.7. The fourth-order valence-corrected chi connectivity index (χ4v) is 3.55. The van der Waals surface area contributed by atoms with E-state index in [1.807, 2.05) is 25.1 Å². The molecule has 136 valence electrons. The maximum atomic E-state index is 13.0. The van der Waals surface area contributed by atoms with Crippen LogP contribution in [0.3, 0.4) is 0 Å². The molecule has 0 aliphatic carbocycles. The van der Waals surface area contributed by atoms with Gasteiger partial charge in [-0.15, -0.1) is 0 Å². The molecule has 1 N–H and O–H groups in total. The normalized spacial score (nSPS) is 15.0. The van der Waals surface area contributed by atoms with Gasteiger partial charge >= 0.3 is 0 Å². The van der Waals surface area contributed by atoms with E-state index in [0.29, 0.717) is 31.5 Å². The second-order valence-corrected chi connectivity index (χ2v) is 7.69. The summed E-state index contributed by atoms with van der Waals surface area (Å²) in [5.41, 5.74) is 2.45. The number of nitrogens with one attached hydrogen (secondary N) is 1. The largest absolute Gasteiger partial charge is 0.339 e. The maximum Gasteiger partial charge on any atom is 0.253 e. The van der Waals surface area contributed by atoms with Gasteiger partial charge in [-0.1, -0.05) is 6.07 Å². The molecule has 2 amide bonds. The standard InChI is InChI=1S/C20H20FIN2O2/c1-13-2-7-17(12-18(13)22)23-19(25)14-8-10-24(11-9-14)20(26)15-3-5-16(21)6-4-15/h2-7,12,14H,8-11H2,1H3,(H,23,25). The van der Waals surface area contributed by atoms with Crippen molar-refractivity contribution in [1.29, 1.82) is 0 Å². The Balaban J connectivity index is 1.55. The van der Waals surface area contributed by atoms with E-state index < -0.39 is 0 Å². The topological polar surface area (TPSA) is 49.4 Å². The molecule has 1 aliphatic rings. The van der Waals surface area contributed by atoms with E-state index in [4.69, 9.17) is 0 Å². The number of aryl methyl sites for hydroxylation is 1. The van der Waals surface area contributed by atoms with E-state index in [0.717, 1.165) is 9.26 Å². The number of halogens is 2. The molecular formula is C20H20FIN2O2. The van der Waals surface area contributed by atoms with Crippen molar-refractivity contribution >= 4 is 40.1 Å². The predicted octanol–water partition coefficient (Wildman–Crippen LogP) is 4.23. The molecule has 0 aromatic heterocycles. The van der Waals surface area contributed by atoms with Crippen molar-refractivity contribution in [2.24, 2.45) is 5.92 Å². The Kier molecular flexibility index (Phi) is 5.90. The van der Waals surface area contributed by atoms with Crippen LogP contribution >= 0.6 is 22.6 Å². The number of piperidine rings is 1. The third-order valence-electron chi connectivity index (χ3n) is 4.68. The lowest BCUT2D eigenvalue weighted by atomic mass is 9.95. The smallest absolute Gasteiger partial charge is 0.253 e. The van der Waals surface area contributed by atoms with Crippen LogP contribution in [0, 0.1) is 22.2 Å². The Hall–Kier alpha value is -1.96. The lowest BCUT2D eigenvalue weighted by molar-refractivity contribution is -0.121. The van der Waals surface area contributed by atoms with Crippen LogP contribution in [0.1, 0.15) is 28.8 Å². The number of rotatable bonds is 3. The molecule has 1 aliphatic heterocycles. The Bertz CT molecular complexity index is 815. The van der Waals surface area contributed by atoms with Crippen molar-refractivity contribution in [3.8, 4) is 0 Å². The van der Waals surface area contributed by atoms with Crippen LogP contribution in [0.15, 0.2) is 42.5 Å². The molecule has 6 heteroatoms. The fourth-order valence-electron chi connectivity index (χ4n) is 3.03. The quantitative estimate of drug-likeness (QED) is 0.689. The molecule has 0 spiro atoms. The molecule has 1 heterocycles. The molecule has 0 radical (unpaired) electrons. The van der Waals surface area contributed by atoms with Gasteiger partial charge in [0.25, 0.3) is 5.91 Å². The van der Waals surface area contributed by atoms with Gasteiger partial charge in [-0.25, -0.2) is 4.39 Å². The monoisotopic (exact) mass is 466 g/mol. The molecule has 2 aromatic carbocycles. The molecule has 1 saturated heterocycles. The van der Waals surface area contributed by atoms with Gasteiger partial charge in [-0.3, -0.25) is 9.59 Å². The molecule has 4 nitrogen and oxygen atoms in total. The van der Waals surface area contributed by atoms with Crippen molar-refractivity contribution < 1.29 is 14.0 Å². The van der Waals surface area contributed by atoms with Gasteiger partial charge in [0.05, 0.1) is 0 Å². The number of carbonyl (C=O) groups is 2. The third kappa shape index (κ3) is 4.41. The summed E-state index contributed by atoms with van der Waals surface area (Å²) in [6, 6.07) is 11.4. The Morgan fingerprint density at radius 3 is 2.38 bits per heavy atom. The highest BCUT2D eigenvalue weighted by molar-refractivity contribution is 14.1. The first-order valence-electron chi connectivity index (χ1n) is 8.56. The van der Waals surface area contributed by atoms with Crippen molar-refractivity contribution in [1.82, 2.24) is 4.90 Å². The van der Waals surface area contributed by atoms with Gasteiger partial charge in [0.1, 0.15) is 5.82 Å². The number of anilines is 1. The Labute approximate surface area is 165 Å². The zero-order valence-electron chi connectivity index (χ0n) is 14.5. The molecule has 0 saturated carbocycles. The van der Waals surface area contributed by atoms with E-state index in [-0.39, 0.29) is 23.5 Å². The van der Waals surface area contributed by atoms with E-state index >= 15 is 0 Å². The number of likely N-dealkylation sites (tertiary alicyclic amines) is 1. The molecular weight excluding hydrogens is 446 g/mol. The van der Waals surface area contributed by atoms with Gasteiger partial charge in [0.15, 0.2) is 0 Å². The lowest BCUT2D eigenvalue weighted by Crippen LogP contribution is -2.41. The van der Waals surface area contributed by atoms with Crippen molar-refractivity contribution in [2.75, 3.05) is 18.4 Å². The minimum Gasteiger partial charge on any atom is -0.339 e. The Morgan fingerprint density at radius 2 is 1.77 bits per heavy atom. The van der Waals surface area contributed by atoms with Crippen molar-refractivity contribution in [2.45, 2.75) is 19.8 Å². The summed E-state index contributed by atoms with van der Waals surface area (Å²) in [4.78, 5) is 26.7. The SMILES string of the molecule is Cc1ccc(NC(=O)C2CCN(C(=O)c3ccc(F)cc3)CC2)cc1I. The predicted molar refractivity (Wildman–Crippen MR) is 108 cm³/mol. The van der Waals surface area contributed by atoms with Gasteiger partial charge < -0.3 is 10.2 Å². The van der Waals surface area contributed by atoms with Crippen LogP contribution in [0.4, 0.5) is 10.1 Å². The van der Waals surface area contributed by atoms with E-state index in [9.17, 15) is 14.0 Å². The summed E-state index contributed by atoms with van der Waals surface area (Å²) in [5.74, 6) is -0.579. The first-order valence-corrected chi connectivity index (χ1v) is 9.64. The van der Waals surface area contributed by atoms with Crippen LogP contribution in [0.5, 0.6) is 0 Å². The molecule has 3 rings (SSSR count). The minimum absolute atomic E-state index is 0.00136. The van der Waals surface area contributed by atoms with Crippen LogP contribution in [0.25, 0.3) is 0 Å². The number of amides is 2. The first kappa shape index (κ1) is 18.8. The summed E-state index contributed by atoms with van der Waals surface area (Å²) in [5, 5.41) is 2.97. The van der Waals surface area contributed by atoms with E-state index in [1.54, 1.807) is 4.90 Å². The number of hydrogen-bond donors (Lipinski definition) is 1. The van der Waals surface area contributed by atoms with Crippen LogP contribution in [-0.4, -0.2) is 29.8 Å². The summed E-state index contributed by atoms with van der Waals surface area (Å²) in [6.45, 7) is 3.08. The van der Waals surface area contributed by atoms with E-state index in [2.05, 4.69) is 27.9 Å². The van der Waals surface area contributed by atoms with Gasteiger partial charge in [0, 0.05) is 33.8 Å². The number of carbonyl (C=O) groups excluding carboxylic acids is 2. The third-order valence-corrected chi connectivity index (χ3v) is 5.85. The lowest BCUT2D eigenvalue weighted by Gasteiger charge is -2.31. The Morgan fingerprint density at radius 1 is 1.12 bits per heavy atom. The number of nitrogens with zero attached hydrogens (tertiary/aromatic N) is 1. The average Bonchev–Trinajstić information content (AvgIpc) is 2.65. The summed E-state index contributed by atoms with van der Waals surface area (Å²) >= 11 is 2.25. The van der Waals surface area contributed by atoms with Crippen LogP contribution in [0.2, 0.25) is 0 Å². The fraction of sp³-hybridized carbons (Fsp3) is 0.300. The highest BCUT2D eigenvalue weighted by atomic mass is 127. The molecule has 0 bridgehead atoms. The van der Waals surface area contributed by atoms with E-state index in [1.165, 1.54) is 29.8 Å². The number of hydrogen-bond acceptors (Lipinski definition) is 2. The van der Waals surface area contributed by atoms with Crippen LogP contribution in [-0.2, 0) is 4.79 Å². The van der Waals surface area contributed by atoms with Gasteiger partial charge in [0.2, 0.25) is 5.91 Å². The molecule has 2 aromatic rings. The minimum atomic E-state index is -0.359. The molecule has 0 atom stereocenters. The highest BCUT2D eigenvalue weighted by Crippen LogP contribution is 2.22. The zero-order valence-corrected chi connectivity index (χ0v) is 16.6. The number of benzene rings is 2. The maximum absolute atomic E-state index is 13.0. The highest BCUT2D eigenvalue weighted by Gasteiger charge is 2.28. The molecule has 26 heavy (non-hydrogen) atoms. The van der Waals surface area contributed by atoms with Crippen molar-refractivity contribution in [3.63, 3.8) is 0 Å². The van der Waals surface area contributed by atoms with Crippen LogP contribution < -0.4 is 5.32 Å².